The van der Waals surface area contributed by atoms with E-state index in [1.54, 1.807) is 0 Å². The highest BCUT2D eigenvalue weighted by atomic mass is 16.2. The van der Waals surface area contributed by atoms with Gasteiger partial charge >= 0.3 is 0 Å². The van der Waals surface area contributed by atoms with Crippen LogP contribution in [-0.4, -0.2) is 42.4 Å². The van der Waals surface area contributed by atoms with Gasteiger partial charge in [-0.15, -0.1) is 0 Å². The maximum absolute atomic E-state index is 12.1. The Morgan fingerprint density at radius 2 is 1.89 bits per heavy atom. The summed E-state index contributed by atoms with van der Waals surface area (Å²) >= 11 is 0. The second-order valence-corrected chi connectivity index (χ2v) is 5.66. The zero-order valence-corrected chi connectivity index (χ0v) is 12.3. The molecule has 3 N–H and O–H groups in total. The average molecular weight is 269 g/mol. The van der Waals surface area contributed by atoms with Gasteiger partial charge in [-0.2, -0.15) is 0 Å². The lowest BCUT2D eigenvalue weighted by Crippen LogP contribution is -2.45. The molecule has 0 spiro atoms. The minimum atomic E-state index is -0.0754. The van der Waals surface area contributed by atoms with Crippen LogP contribution in [0.1, 0.15) is 40.0 Å². The number of hydrogen-bond acceptors (Lipinski definition) is 3. The molecule has 5 heteroatoms. The van der Waals surface area contributed by atoms with Crippen molar-refractivity contribution in [2.75, 3.05) is 19.6 Å². The fourth-order valence-electron chi connectivity index (χ4n) is 2.28. The number of carbonyl (C=O) groups is 2. The number of nitrogens with zero attached hydrogens (tertiary/aromatic N) is 1. The predicted octanol–water partition coefficient (Wildman–Crippen LogP) is 0.735. The monoisotopic (exact) mass is 269 g/mol. The summed E-state index contributed by atoms with van der Waals surface area (Å²) in [6.45, 7) is 7.99. The molecule has 0 saturated carbocycles. The van der Waals surface area contributed by atoms with Gasteiger partial charge in [-0.05, 0) is 25.7 Å². The van der Waals surface area contributed by atoms with Crippen molar-refractivity contribution in [3.05, 3.63) is 0 Å². The Bertz CT molecular complexity index is 310. The van der Waals surface area contributed by atoms with Crippen molar-refractivity contribution in [2.45, 2.75) is 46.1 Å². The highest BCUT2D eigenvalue weighted by Gasteiger charge is 2.27. The molecule has 19 heavy (non-hydrogen) atoms. The number of carbonyl (C=O) groups excluding carboxylic acids is 2. The van der Waals surface area contributed by atoms with Crippen molar-refractivity contribution in [2.24, 2.45) is 17.6 Å². The van der Waals surface area contributed by atoms with Crippen molar-refractivity contribution in [3.63, 3.8) is 0 Å². The molecule has 1 aliphatic heterocycles. The van der Waals surface area contributed by atoms with E-state index in [9.17, 15) is 9.59 Å². The summed E-state index contributed by atoms with van der Waals surface area (Å²) in [7, 11) is 0. The van der Waals surface area contributed by atoms with Crippen molar-refractivity contribution in [1.29, 1.82) is 0 Å². The van der Waals surface area contributed by atoms with Gasteiger partial charge in [0.2, 0.25) is 11.8 Å². The molecule has 110 valence electrons. The summed E-state index contributed by atoms with van der Waals surface area (Å²) in [5, 5.41) is 2.84. The standard InChI is InChI=1S/C14H27N3O2/c1-4-16-14(19)11-5-7-17(8-6-11)13(18)9-12(15)10(2)3/h10-12H,4-9,15H2,1-3H3,(H,16,19). The van der Waals surface area contributed by atoms with Gasteiger partial charge in [0.1, 0.15) is 0 Å². The van der Waals surface area contributed by atoms with Crippen LogP contribution in [0.3, 0.4) is 0 Å². The minimum absolute atomic E-state index is 0.0581. The van der Waals surface area contributed by atoms with Gasteiger partial charge in [0.15, 0.2) is 0 Å². The normalized spacial score (nSPS) is 18.5. The maximum Gasteiger partial charge on any atom is 0.224 e. The van der Waals surface area contributed by atoms with Crippen LogP contribution >= 0.6 is 0 Å². The molecule has 1 heterocycles. The summed E-state index contributed by atoms with van der Waals surface area (Å²) in [5.41, 5.74) is 5.93. The van der Waals surface area contributed by atoms with Crippen LogP contribution in [-0.2, 0) is 9.59 Å². The van der Waals surface area contributed by atoms with Gasteiger partial charge in [0.25, 0.3) is 0 Å². The third-order valence-corrected chi connectivity index (χ3v) is 3.84. The van der Waals surface area contributed by atoms with E-state index in [1.165, 1.54) is 0 Å². The van der Waals surface area contributed by atoms with Gasteiger partial charge in [0, 0.05) is 38.0 Å². The zero-order chi connectivity index (χ0) is 14.4. The third-order valence-electron chi connectivity index (χ3n) is 3.84. The maximum atomic E-state index is 12.1. The van der Waals surface area contributed by atoms with E-state index in [-0.39, 0.29) is 23.8 Å². The number of nitrogens with two attached hydrogens (primary N) is 1. The molecule has 1 atom stereocenters. The van der Waals surface area contributed by atoms with E-state index in [0.717, 1.165) is 12.8 Å². The minimum Gasteiger partial charge on any atom is -0.356 e. The number of hydrogen-bond donors (Lipinski definition) is 2. The topological polar surface area (TPSA) is 75.4 Å². The molecule has 0 aromatic heterocycles. The van der Waals surface area contributed by atoms with Crippen LogP contribution < -0.4 is 11.1 Å². The molecule has 0 bridgehead atoms. The molecule has 1 aliphatic rings. The Kier molecular flexibility index (Phi) is 6.28. The number of nitrogens with one attached hydrogen (secondary N) is 1. The quantitative estimate of drug-likeness (QED) is 0.773. The SMILES string of the molecule is CCNC(=O)C1CCN(C(=O)CC(N)C(C)C)CC1. The fourth-order valence-corrected chi connectivity index (χ4v) is 2.28. The molecule has 0 aliphatic carbocycles. The first-order valence-corrected chi connectivity index (χ1v) is 7.26. The molecule has 1 fully saturated rings. The van der Waals surface area contributed by atoms with E-state index in [4.69, 9.17) is 5.73 Å². The number of piperidine rings is 1. The van der Waals surface area contributed by atoms with E-state index in [0.29, 0.717) is 32.0 Å². The molecule has 0 aromatic rings. The Morgan fingerprint density at radius 1 is 1.32 bits per heavy atom. The van der Waals surface area contributed by atoms with Crippen LogP contribution in [0.2, 0.25) is 0 Å². The summed E-state index contributed by atoms with van der Waals surface area (Å²) in [5.74, 6) is 0.614. The molecule has 1 unspecified atom stereocenters. The third kappa shape index (κ3) is 4.82. The Balaban J connectivity index is 2.37. The van der Waals surface area contributed by atoms with Crippen LogP contribution in [0.4, 0.5) is 0 Å². The fraction of sp³-hybridized carbons (Fsp3) is 0.857. The van der Waals surface area contributed by atoms with E-state index >= 15 is 0 Å². The summed E-state index contributed by atoms with van der Waals surface area (Å²) < 4.78 is 0. The van der Waals surface area contributed by atoms with Gasteiger partial charge in [-0.25, -0.2) is 0 Å². The second kappa shape index (κ2) is 7.48. The second-order valence-electron chi connectivity index (χ2n) is 5.66. The van der Waals surface area contributed by atoms with Crippen molar-refractivity contribution < 1.29 is 9.59 Å². The Morgan fingerprint density at radius 3 is 2.37 bits per heavy atom. The van der Waals surface area contributed by atoms with Crippen molar-refractivity contribution in [1.82, 2.24) is 10.2 Å². The highest BCUT2D eigenvalue weighted by Crippen LogP contribution is 2.18. The number of likely N-dealkylation sites (tertiary alicyclic amines) is 1. The van der Waals surface area contributed by atoms with Crippen molar-refractivity contribution >= 4 is 11.8 Å². The number of amides is 2. The number of rotatable bonds is 5. The highest BCUT2D eigenvalue weighted by molar-refractivity contribution is 5.80. The van der Waals surface area contributed by atoms with Gasteiger partial charge in [-0.1, -0.05) is 13.8 Å². The summed E-state index contributed by atoms with van der Waals surface area (Å²) in [4.78, 5) is 25.6. The first-order valence-electron chi connectivity index (χ1n) is 7.26. The lowest BCUT2D eigenvalue weighted by Gasteiger charge is -2.32. The molecular formula is C14H27N3O2. The summed E-state index contributed by atoms with van der Waals surface area (Å²) in [6, 6.07) is -0.0754. The molecule has 5 nitrogen and oxygen atoms in total. The van der Waals surface area contributed by atoms with E-state index < -0.39 is 0 Å². The van der Waals surface area contributed by atoms with Crippen LogP contribution in [0.5, 0.6) is 0 Å². The molecule has 1 saturated heterocycles. The lowest BCUT2D eigenvalue weighted by atomic mass is 9.95. The van der Waals surface area contributed by atoms with Gasteiger partial charge < -0.3 is 16.0 Å². The average Bonchev–Trinajstić information content (AvgIpc) is 2.39. The molecular weight excluding hydrogens is 242 g/mol. The largest absolute Gasteiger partial charge is 0.356 e. The van der Waals surface area contributed by atoms with Gasteiger partial charge in [0.05, 0.1) is 0 Å². The molecule has 0 radical (unpaired) electrons. The van der Waals surface area contributed by atoms with Crippen LogP contribution in [0.25, 0.3) is 0 Å². The van der Waals surface area contributed by atoms with E-state index in [2.05, 4.69) is 5.32 Å². The molecule has 2 amide bonds. The smallest absolute Gasteiger partial charge is 0.224 e. The zero-order valence-electron chi connectivity index (χ0n) is 12.3. The van der Waals surface area contributed by atoms with Crippen LogP contribution in [0.15, 0.2) is 0 Å². The van der Waals surface area contributed by atoms with Crippen LogP contribution in [0, 0.1) is 11.8 Å². The van der Waals surface area contributed by atoms with Crippen molar-refractivity contribution in [3.8, 4) is 0 Å². The van der Waals surface area contributed by atoms with Gasteiger partial charge in [-0.3, -0.25) is 9.59 Å². The van der Waals surface area contributed by atoms with E-state index in [1.807, 2.05) is 25.7 Å². The molecule has 1 rings (SSSR count). The Hall–Kier alpha value is -1.10. The summed E-state index contributed by atoms with van der Waals surface area (Å²) in [6.07, 6.45) is 1.92. The lowest BCUT2D eigenvalue weighted by molar-refractivity contribution is -0.136. The molecule has 0 aromatic carbocycles. The Labute approximate surface area is 115 Å². The first-order chi connectivity index (χ1) is 8.95. The first kappa shape index (κ1) is 16.0. The predicted molar refractivity (Wildman–Crippen MR) is 75.4 cm³/mol.